The minimum Gasteiger partial charge on any atom is -0.385 e. The average molecular weight is 228 g/mol. The molecule has 0 amide bonds. The second kappa shape index (κ2) is 4.30. The van der Waals surface area contributed by atoms with Crippen LogP contribution >= 0.6 is 0 Å². The molecule has 2 aliphatic carbocycles. The largest absolute Gasteiger partial charge is 0.385 e. The van der Waals surface area contributed by atoms with Gasteiger partial charge in [-0.15, -0.1) is 0 Å². The first kappa shape index (κ1) is 11.0. The standard InChI is InChI=1S/C16H20O/c17-16(9-2-1-3-10-16)12-13-7-8-14-5-4-6-15(14)11-13/h2,7-9,11,17H,1,3-6,10,12H2. The van der Waals surface area contributed by atoms with Gasteiger partial charge in [0.15, 0.2) is 0 Å². The van der Waals surface area contributed by atoms with Gasteiger partial charge >= 0.3 is 0 Å². The van der Waals surface area contributed by atoms with E-state index in [2.05, 4.69) is 24.3 Å². The van der Waals surface area contributed by atoms with Gasteiger partial charge in [-0.1, -0.05) is 30.4 Å². The third-order valence-electron chi connectivity index (χ3n) is 4.08. The molecule has 2 aliphatic rings. The zero-order chi connectivity index (χ0) is 11.7. The van der Waals surface area contributed by atoms with Gasteiger partial charge in [-0.25, -0.2) is 0 Å². The first-order valence-electron chi connectivity index (χ1n) is 6.76. The second-order valence-electron chi connectivity index (χ2n) is 5.53. The molecule has 0 saturated heterocycles. The van der Waals surface area contributed by atoms with E-state index in [4.69, 9.17) is 0 Å². The monoisotopic (exact) mass is 228 g/mol. The van der Waals surface area contributed by atoms with Crippen LogP contribution < -0.4 is 0 Å². The van der Waals surface area contributed by atoms with Crippen molar-refractivity contribution in [2.24, 2.45) is 0 Å². The lowest BCUT2D eigenvalue weighted by Gasteiger charge is -2.27. The minimum atomic E-state index is -0.592. The van der Waals surface area contributed by atoms with Crippen LogP contribution in [0.1, 0.15) is 42.4 Å². The summed E-state index contributed by atoms with van der Waals surface area (Å²) >= 11 is 0. The molecule has 1 N–H and O–H groups in total. The van der Waals surface area contributed by atoms with Crippen molar-refractivity contribution < 1.29 is 5.11 Å². The number of allylic oxidation sites excluding steroid dienone is 1. The molecule has 1 atom stereocenters. The Kier molecular flexibility index (Phi) is 2.79. The van der Waals surface area contributed by atoms with E-state index in [1.165, 1.54) is 36.0 Å². The molecule has 0 aromatic heterocycles. The maximum absolute atomic E-state index is 10.5. The van der Waals surface area contributed by atoms with Crippen molar-refractivity contribution in [3.8, 4) is 0 Å². The maximum atomic E-state index is 10.5. The molecule has 1 heteroatoms. The number of benzene rings is 1. The van der Waals surface area contributed by atoms with E-state index < -0.39 is 5.60 Å². The van der Waals surface area contributed by atoms with Crippen LogP contribution in [0, 0.1) is 0 Å². The van der Waals surface area contributed by atoms with Crippen molar-refractivity contribution in [2.45, 2.75) is 50.5 Å². The fourth-order valence-corrected chi connectivity index (χ4v) is 3.15. The summed E-state index contributed by atoms with van der Waals surface area (Å²) in [4.78, 5) is 0. The van der Waals surface area contributed by atoms with Gasteiger partial charge in [-0.05, 0) is 55.2 Å². The van der Waals surface area contributed by atoms with Crippen molar-refractivity contribution >= 4 is 0 Å². The molecule has 0 saturated carbocycles. The summed E-state index contributed by atoms with van der Waals surface area (Å²) in [5, 5.41) is 10.5. The van der Waals surface area contributed by atoms with Crippen LogP contribution in [0.2, 0.25) is 0 Å². The lowest BCUT2D eigenvalue weighted by atomic mass is 9.85. The highest BCUT2D eigenvalue weighted by atomic mass is 16.3. The third kappa shape index (κ3) is 2.30. The molecule has 1 nitrogen and oxygen atoms in total. The van der Waals surface area contributed by atoms with Crippen molar-refractivity contribution in [3.05, 3.63) is 47.0 Å². The molecule has 1 unspecified atom stereocenters. The average Bonchev–Trinajstić information content (AvgIpc) is 2.76. The quantitative estimate of drug-likeness (QED) is 0.771. The molecule has 0 heterocycles. The molecular formula is C16H20O. The number of fused-ring (bicyclic) bond motifs is 1. The SMILES string of the molecule is OC1(Cc2ccc3c(c2)CCC3)C=CCCC1. The van der Waals surface area contributed by atoms with Crippen LogP contribution in [0.15, 0.2) is 30.4 Å². The number of aliphatic hydroxyl groups is 1. The summed E-state index contributed by atoms with van der Waals surface area (Å²) in [7, 11) is 0. The molecule has 0 radical (unpaired) electrons. The summed E-state index contributed by atoms with van der Waals surface area (Å²) in [6, 6.07) is 6.76. The molecule has 90 valence electrons. The maximum Gasteiger partial charge on any atom is 0.0868 e. The fourth-order valence-electron chi connectivity index (χ4n) is 3.15. The smallest absolute Gasteiger partial charge is 0.0868 e. The predicted molar refractivity (Wildman–Crippen MR) is 70.1 cm³/mol. The van der Waals surface area contributed by atoms with E-state index in [1.807, 2.05) is 6.08 Å². The third-order valence-corrected chi connectivity index (χ3v) is 4.08. The number of rotatable bonds is 2. The molecule has 0 bridgehead atoms. The highest BCUT2D eigenvalue weighted by molar-refractivity contribution is 5.36. The van der Waals surface area contributed by atoms with E-state index in [0.717, 1.165) is 25.7 Å². The van der Waals surface area contributed by atoms with Gasteiger partial charge in [0.25, 0.3) is 0 Å². The Bertz CT molecular complexity index is 447. The summed E-state index contributed by atoms with van der Waals surface area (Å²) in [5.41, 5.74) is 3.72. The van der Waals surface area contributed by atoms with Crippen molar-refractivity contribution in [2.75, 3.05) is 0 Å². The van der Waals surface area contributed by atoms with Gasteiger partial charge in [-0.2, -0.15) is 0 Å². The molecule has 0 spiro atoms. The van der Waals surface area contributed by atoms with Crippen LogP contribution in [0.4, 0.5) is 0 Å². The van der Waals surface area contributed by atoms with E-state index in [9.17, 15) is 5.11 Å². The Hall–Kier alpha value is -1.08. The van der Waals surface area contributed by atoms with Crippen molar-refractivity contribution in [1.82, 2.24) is 0 Å². The Morgan fingerprint density at radius 1 is 1.12 bits per heavy atom. The van der Waals surface area contributed by atoms with Crippen LogP contribution in [0.3, 0.4) is 0 Å². The van der Waals surface area contributed by atoms with Gasteiger partial charge in [0, 0.05) is 6.42 Å². The second-order valence-corrected chi connectivity index (χ2v) is 5.53. The number of hydrogen-bond acceptors (Lipinski definition) is 1. The Morgan fingerprint density at radius 3 is 2.82 bits per heavy atom. The van der Waals surface area contributed by atoms with E-state index in [-0.39, 0.29) is 0 Å². The lowest BCUT2D eigenvalue weighted by Crippen LogP contribution is -2.30. The molecule has 3 rings (SSSR count). The molecule has 0 aliphatic heterocycles. The van der Waals surface area contributed by atoms with Crippen LogP contribution in [-0.2, 0) is 19.3 Å². The lowest BCUT2D eigenvalue weighted by molar-refractivity contribution is 0.0751. The topological polar surface area (TPSA) is 20.2 Å². The van der Waals surface area contributed by atoms with Crippen molar-refractivity contribution in [1.29, 1.82) is 0 Å². The number of aryl methyl sites for hydroxylation is 2. The number of hydrogen-bond donors (Lipinski definition) is 1. The summed E-state index contributed by atoms with van der Waals surface area (Å²) in [6.45, 7) is 0. The molecule has 1 aromatic rings. The fraction of sp³-hybridized carbons (Fsp3) is 0.500. The van der Waals surface area contributed by atoms with Crippen LogP contribution in [-0.4, -0.2) is 10.7 Å². The Morgan fingerprint density at radius 2 is 2.00 bits per heavy atom. The predicted octanol–water partition coefficient (Wildman–Crippen LogP) is 3.19. The molecule has 1 aromatic carbocycles. The summed E-state index contributed by atoms with van der Waals surface area (Å²) in [6.07, 6.45) is 11.8. The van der Waals surface area contributed by atoms with Gasteiger partial charge in [-0.3, -0.25) is 0 Å². The summed E-state index contributed by atoms with van der Waals surface area (Å²) in [5.74, 6) is 0. The first-order chi connectivity index (χ1) is 8.25. The first-order valence-corrected chi connectivity index (χ1v) is 6.76. The molecular weight excluding hydrogens is 208 g/mol. The molecule has 0 fully saturated rings. The normalized spacial score (nSPS) is 27.1. The van der Waals surface area contributed by atoms with E-state index >= 15 is 0 Å². The zero-order valence-electron chi connectivity index (χ0n) is 10.3. The van der Waals surface area contributed by atoms with Gasteiger partial charge in [0.05, 0.1) is 5.60 Å². The Balaban J connectivity index is 1.81. The molecule has 17 heavy (non-hydrogen) atoms. The van der Waals surface area contributed by atoms with Gasteiger partial charge < -0.3 is 5.11 Å². The highest BCUT2D eigenvalue weighted by Crippen LogP contribution is 2.28. The Labute approximate surface area is 103 Å². The van der Waals surface area contributed by atoms with Gasteiger partial charge in [0.2, 0.25) is 0 Å². The zero-order valence-corrected chi connectivity index (χ0v) is 10.3. The van der Waals surface area contributed by atoms with Crippen LogP contribution in [0.5, 0.6) is 0 Å². The van der Waals surface area contributed by atoms with Gasteiger partial charge in [0.1, 0.15) is 0 Å². The minimum absolute atomic E-state index is 0.592. The van der Waals surface area contributed by atoms with Crippen LogP contribution in [0.25, 0.3) is 0 Å². The van der Waals surface area contributed by atoms with E-state index in [0.29, 0.717) is 0 Å². The van der Waals surface area contributed by atoms with E-state index in [1.54, 1.807) is 0 Å². The highest BCUT2D eigenvalue weighted by Gasteiger charge is 2.26. The summed E-state index contributed by atoms with van der Waals surface area (Å²) < 4.78 is 0. The van der Waals surface area contributed by atoms with Crippen molar-refractivity contribution in [3.63, 3.8) is 0 Å².